The van der Waals surface area contributed by atoms with Crippen LogP contribution in [0, 0.1) is 0 Å². The Morgan fingerprint density at radius 1 is 1.17 bits per heavy atom. The van der Waals surface area contributed by atoms with Crippen LogP contribution in [0.2, 0.25) is 0 Å². The third-order valence-electron chi connectivity index (χ3n) is 2.59. The van der Waals surface area contributed by atoms with Gasteiger partial charge in [0.15, 0.2) is 0 Å². The van der Waals surface area contributed by atoms with E-state index >= 15 is 0 Å². The summed E-state index contributed by atoms with van der Waals surface area (Å²) in [4.78, 5) is 19.7. The lowest BCUT2D eigenvalue weighted by Gasteiger charge is -2.04. The van der Waals surface area contributed by atoms with Crippen molar-refractivity contribution in [3.8, 4) is 0 Å². The molecule has 10 heteroatoms. The van der Waals surface area contributed by atoms with Gasteiger partial charge in [-0.05, 0) is 24.1 Å². The molecule has 1 amide bonds. The number of carbonyl (C=O) groups is 2. The van der Waals surface area contributed by atoms with E-state index < -0.39 is 28.4 Å². The number of halogens is 3. The molecule has 0 aromatic heterocycles. The molecular weight excluding hydrogens is 337 g/mol. The number of hydrogen-bond donors (Lipinski definition) is 2. The van der Waals surface area contributed by atoms with Crippen molar-refractivity contribution in [1.29, 1.82) is 0 Å². The number of nitrogens with two attached hydrogens (primary N) is 1. The Balaban J connectivity index is 0.000000379. The number of amides is 1. The smallest absolute Gasteiger partial charge is 0.330 e. The Morgan fingerprint density at radius 2 is 1.70 bits per heavy atom. The maximum Gasteiger partial charge on any atom is 0.446 e. The van der Waals surface area contributed by atoms with Crippen LogP contribution in [0.25, 0.3) is 4.91 Å². The van der Waals surface area contributed by atoms with Crippen molar-refractivity contribution in [1.82, 2.24) is 4.72 Å². The second kappa shape index (κ2) is 7.38. The van der Waals surface area contributed by atoms with Gasteiger partial charge in [-0.2, -0.15) is 13.2 Å². The Kier molecular flexibility index (Phi) is 6.05. The molecule has 0 saturated heterocycles. The molecule has 0 radical (unpaired) electrons. The normalized spacial score (nSPS) is 16.0. The van der Waals surface area contributed by atoms with Crippen LogP contribution in [0.5, 0.6) is 0 Å². The summed E-state index contributed by atoms with van der Waals surface area (Å²) >= 11 is 0. The topological polar surface area (TPSA) is 106 Å². The van der Waals surface area contributed by atoms with Crippen LogP contribution in [-0.2, 0) is 26.0 Å². The van der Waals surface area contributed by atoms with Crippen LogP contribution >= 0.6 is 0 Å². The van der Waals surface area contributed by atoms with E-state index in [9.17, 15) is 26.4 Å². The summed E-state index contributed by atoms with van der Waals surface area (Å²) in [6, 6.07) is 6.96. The maximum atomic E-state index is 11.6. The number of benzene rings is 1. The number of carbonyl (C=O) groups excluding carboxylic acids is 2. The fraction of sp³-hybridized carbons (Fsp3) is 0.231. The van der Waals surface area contributed by atoms with E-state index in [0.717, 1.165) is 18.1 Å². The van der Waals surface area contributed by atoms with Crippen LogP contribution in [-0.4, -0.2) is 33.3 Å². The minimum Gasteiger partial charge on any atom is -0.330 e. The zero-order valence-electron chi connectivity index (χ0n) is 11.6. The number of aldehydes is 1. The minimum atomic E-state index is -4.64. The molecule has 0 fully saturated rings. The van der Waals surface area contributed by atoms with Crippen molar-refractivity contribution in [2.24, 2.45) is 5.73 Å². The molecule has 1 aliphatic rings. The number of nitrogens with one attached hydrogen (secondary N) is 1. The Hall–Kier alpha value is -2.20. The molecule has 2 rings (SSSR count). The van der Waals surface area contributed by atoms with Gasteiger partial charge in [0.05, 0.1) is 0 Å². The molecule has 6 nitrogen and oxygen atoms in total. The number of sulfonamides is 1. The van der Waals surface area contributed by atoms with E-state index in [-0.39, 0.29) is 4.91 Å². The van der Waals surface area contributed by atoms with Crippen LogP contribution < -0.4 is 10.5 Å². The lowest BCUT2D eigenvalue weighted by atomic mass is 10.1. The fourth-order valence-corrected chi connectivity index (χ4v) is 2.80. The molecule has 0 atom stereocenters. The molecule has 23 heavy (non-hydrogen) atoms. The summed E-state index contributed by atoms with van der Waals surface area (Å²) < 4.78 is 56.3. The van der Waals surface area contributed by atoms with Crippen LogP contribution in [0.15, 0.2) is 30.3 Å². The van der Waals surface area contributed by atoms with Gasteiger partial charge in [-0.15, -0.1) is 0 Å². The van der Waals surface area contributed by atoms with Gasteiger partial charge in [0.2, 0.25) is 6.29 Å². The zero-order valence-corrected chi connectivity index (χ0v) is 12.4. The Morgan fingerprint density at radius 3 is 2.04 bits per heavy atom. The maximum absolute atomic E-state index is 11.6. The second-order valence-corrected chi connectivity index (χ2v) is 6.02. The molecular formula is C13H13F3N2O4S. The predicted molar refractivity (Wildman–Crippen MR) is 76.4 cm³/mol. The van der Waals surface area contributed by atoms with Gasteiger partial charge in [-0.1, -0.05) is 24.3 Å². The first-order valence-electron chi connectivity index (χ1n) is 6.20. The summed E-state index contributed by atoms with van der Waals surface area (Å²) in [5.74, 6) is -0.606. The van der Waals surface area contributed by atoms with Gasteiger partial charge >= 0.3 is 6.18 Å². The second-order valence-electron chi connectivity index (χ2n) is 4.37. The van der Waals surface area contributed by atoms with Gasteiger partial charge in [0.1, 0.15) is 4.91 Å². The monoisotopic (exact) mass is 350 g/mol. The van der Waals surface area contributed by atoms with Crippen molar-refractivity contribution in [3.63, 3.8) is 0 Å². The summed E-state index contributed by atoms with van der Waals surface area (Å²) in [5.41, 5.74) is 6.96. The molecule has 0 saturated carbocycles. The molecule has 0 spiro atoms. The molecule has 1 aliphatic heterocycles. The van der Waals surface area contributed by atoms with Crippen LogP contribution in [0.4, 0.5) is 13.2 Å². The molecule has 0 bridgehead atoms. The molecule has 3 N–H and O–H groups in total. The number of rotatable bonds is 3. The van der Waals surface area contributed by atoms with Crippen molar-refractivity contribution in [2.45, 2.75) is 12.6 Å². The van der Waals surface area contributed by atoms with Crippen LogP contribution in [0.1, 0.15) is 11.1 Å². The third-order valence-corrected chi connectivity index (χ3v) is 3.99. The van der Waals surface area contributed by atoms with E-state index in [1.54, 1.807) is 24.3 Å². The standard InChI is InChI=1S/C11H12N2O3S.C2HF3O/c12-6-5-8-1-3-9(4-2-8)10-7-11(14)13-17(10,15)16;3-2(4,5)1-6/h1-4,7H,5-6,12H2,(H,13,14);1H. The zero-order chi connectivity index (χ0) is 17.7. The van der Waals surface area contributed by atoms with Gasteiger partial charge in [0, 0.05) is 6.08 Å². The first-order chi connectivity index (χ1) is 10.6. The Bertz CT molecular complexity index is 710. The third kappa shape index (κ3) is 5.83. The van der Waals surface area contributed by atoms with Gasteiger partial charge in [-0.3, -0.25) is 9.59 Å². The van der Waals surface area contributed by atoms with Crippen molar-refractivity contribution in [3.05, 3.63) is 41.5 Å². The Labute approximate surface area is 130 Å². The van der Waals surface area contributed by atoms with E-state index in [2.05, 4.69) is 0 Å². The van der Waals surface area contributed by atoms with Gasteiger partial charge in [0.25, 0.3) is 15.9 Å². The summed E-state index contributed by atoms with van der Waals surface area (Å²) in [6.07, 6.45) is -3.87. The minimum absolute atomic E-state index is 0.0156. The summed E-state index contributed by atoms with van der Waals surface area (Å²) in [7, 11) is -3.68. The summed E-state index contributed by atoms with van der Waals surface area (Å²) in [5, 5.41) is 0. The lowest BCUT2D eigenvalue weighted by Crippen LogP contribution is -2.22. The highest BCUT2D eigenvalue weighted by molar-refractivity contribution is 7.99. The van der Waals surface area contributed by atoms with Crippen molar-refractivity contribution < 1.29 is 31.2 Å². The van der Waals surface area contributed by atoms with Gasteiger partial charge < -0.3 is 5.73 Å². The van der Waals surface area contributed by atoms with Crippen molar-refractivity contribution >= 4 is 27.1 Å². The van der Waals surface area contributed by atoms with Crippen molar-refractivity contribution in [2.75, 3.05) is 6.54 Å². The van der Waals surface area contributed by atoms with Gasteiger partial charge in [-0.25, -0.2) is 13.1 Å². The molecule has 1 aromatic carbocycles. The van der Waals surface area contributed by atoms with E-state index in [4.69, 9.17) is 10.5 Å². The largest absolute Gasteiger partial charge is 0.446 e. The highest BCUT2D eigenvalue weighted by Crippen LogP contribution is 2.24. The number of hydrogen-bond acceptors (Lipinski definition) is 5. The van der Waals surface area contributed by atoms with Crippen LogP contribution in [0.3, 0.4) is 0 Å². The lowest BCUT2D eigenvalue weighted by molar-refractivity contribution is -0.156. The SMILES string of the molecule is NCCc1ccc(C2=CC(=O)NS2(=O)=O)cc1.O=CC(F)(F)F. The quantitative estimate of drug-likeness (QED) is 0.782. The van der Waals surface area contributed by atoms with E-state index in [0.29, 0.717) is 12.1 Å². The average molecular weight is 350 g/mol. The predicted octanol–water partition coefficient (Wildman–Crippen LogP) is 0.736. The average Bonchev–Trinajstić information content (AvgIpc) is 2.73. The highest BCUT2D eigenvalue weighted by Gasteiger charge is 2.28. The van der Waals surface area contributed by atoms with E-state index in [1.807, 2.05) is 4.72 Å². The fourth-order valence-electron chi connectivity index (χ4n) is 1.65. The van der Waals surface area contributed by atoms with E-state index in [1.165, 1.54) is 0 Å². The molecule has 0 unspecified atom stereocenters. The molecule has 0 aliphatic carbocycles. The molecule has 1 aromatic rings. The summed E-state index contributed by atoms with van der Waals surface area (Å²) in [6.45, 7) is 0.542. The molecule has 1 heterocycles. The number of alkyl halides is 3. The molecule has 126 valence electrons. The highest BCUT2D eigenvalue weighted by atomic mass is 32.2. The first kappa shape index (κ1) is 18.8. The first-order valence-corrected chi connectivity index (χ1v) is 7.68.